The highest BCUT2D eigenvalue weighted by Crippen LogP contribution is 2.27. The number of fused-ring (bicyclic) bond motifs is 1. The number of rotatable bonds is 9. The van der Waals surface area contributed by atoms with E-state index in [-0.39, 0.29) is 6.10 Å². The predicted molar refractivity (Wildman–Crippen MR) is 143 cm³/mol. The van der Waals surface area contributed by atoms with Crippen LogP contribution in [0.25, 0.3) is 0 Å². The summed E-state index contributed by atoms with van der Waals surface area (Å²) in [6.45, 7) is 1.16. The van der Waals surface area contributed by atoms with Gasteiger partial charge in [-0.1, -0.05) is 30.3 Å². The van der Waals surface area contributed by atoms with E-state index in [1.165, 1.54) is 17.5 Å². The Labute approximate surface area is 207 Å². The van der Waals surface area contributed by atoms with Crippen LogP contribution in [0, 0.1) is 0 Å². The first kappa shape index (κ1) is 24.0. The molecule has 6 heteroatoms. The fourth-order valence-corrected chi connectivity index (χ4v) is 4.35. The molecule has 1 unspecified atom stereocenters. The van der Waals surface area contributed by atoms with Crippen molar-refractivity contribution in [2.24, 2.45) is 0 Å². The molecule has 0 N–H and O–H groups in total. The molecular weight excluding hydrogens is 444 g/mol. The summed E-state index contributed by atoms with van der Waals surface area (Å²) >= 11 is 5.57. The molecule has 0 saturated heterocycles. The molecule has 0 radical (unpaired) electrons. The van der Waals surface area contributed by atoms with Gasteiger partial charge >= 0.3 is 0 Å². The van der Waals surface area contributed by atoms with Gasteiger partial charge in [0.25, 0.3) is 5.17 Å². The first-order valence-electron chi connectivity index (χ1n) is 11.6. The second kappa shape index (κ2) is 11.4. The van der Waals surface area contributed by atoms with Crippen molar-refractivity contribution in [3.8, 4) is 11.5 Å². The SMILES string of the molecule is COC(COc1cccc(N(C)C(=S)Oc2ccc3c(c2)CCC3)c1)CN(C)c1ccccc1. The molecule has 0 spiro atoms. The Morgan fingerprint density at radius 3 is 2.44 bits per heavy atom. The molecule has 1 aliphatic rings. The first-order chi connectivity index (χ1) is 16.5. The number of methoxy groups -OCH3 is 1. The molecule has 178 valence electrons. The number of para-hydroxylation sites is 1. The Balaban J connectivity index is 1.33. The summed E-state index contributed by atoms with van der Waals surface area (Å²) in [5, 5.41) is 0.398. The van der Waals surface area contributed by atoms with Gasteiger partial charge in [-0.05, 0) is 79.0 Å². The lowest BCUT2D eigenvalue weighted by Crippen LogP contribution is -2.34. The topological polar surface area (TPSA) is 34.2 Å². The van der Waals surface area contributed by atoms with E-state index in [0.717, 1.165) is 42.3 Å². The lowest BCUT2D eigenvalue weighted by atomic mass is 10.1. The molecule has 1 aliphatic carbocycles. The molecule has 4 rings (SSSR count). The zero-order valence-electron chi connectivity index (χ0n) is 20.1. The molecule has 0 aromatic heterocycles. The van der Waals surface area contributed by atoms with Crippen LogP contribution in [0.5, 0.6) is 11.5 Å². The highest BCUT2D eigenvalue weighted by molar-refractivity contribution is 7.80. The average molecular weight is 477 g/mol. The Kier molecular flexibility index (Phi) is 8.03. The van der Waals surface area contributed by atoms with Gasteiger partial charge in [-0.15, -0.1) is 0 Å². The Hall–Kier alpha value is -3.09. The third-order valence-corrected chi connectivity index (χ3v) is 6.55. The van der Waals surface area contributed by atoms with Crippen LogP contribution in [-0.4, -0.2) is 45.6 Å². The number of hydrogen-bond acceptors (Lipinski definition) is 5. The van der Waals surface area contributed by atoms with E-state index in [9.17, 15) is 0 Å². The van der Waals surface area contributed by atoms with Gasteiger partial charge < -0.3 is 24.0 Å². The van der Waals surface area contributed by atoms with Crippen LogP contribution in [0.3, 0.4) is 0 Å². The standard InChI is InChI=1S/C28H32N2O3S/c1-29(23-11-5-4-6-12-23)19-27(31-3)20-32-25-14-8-13-24(18-25)30(2)28(34)33-26-16-15-21-9-7-10-22(21)17-26/h4-6,8,11-18,27H,7,9-10,19-20H2,1-3H3. The molecule has 5 nitrogen and oxygen atoms in total. The summed E-state index contributed by atoms with van der Waals surface area (Å²) in [5.74, 6) is 1.55. The second-order valence-corrected chi connectivity index (χ2v) is 8.94. The minimum atomic E-state index is -0.0733. The first-order valence-corrected chi connectivity index (χ1v) is 12.0. The number of benzene rings is 3. The molecule has 0 saturated carbocycles. The van der Waals surface area contributed by atoms with Gasteiger partial charge in [0.1, 0.15) is 24.2 Å². The monoisotopic (exact) mass is 476 g/mol. The van der Waals surface area contributed by atoms with Crippen molar-refractivity contribution in [1.82, 2.24) is 0 Å². The molecule has 0 heterocycles. The van der Waals surface area contributed by atoms with Crippen LogP contribution in [0.4, 0.5) is 11.4 Å². The van der Waals surface area contributed by atoms with Crippen molar-refractivity contribution in [3.63, 3.8) is 0 Å². The van der Waals surface area contributed by atoms with E-state index in [4.69, 9.17) is 26.4 Å². The van der Waals surface area contributed by atoms with Crippen molar-refractivity contribution >= 4 is 28.8 Å². The van der Waals surface area contributed by atoms with Gasteiger partial charge in [-0.25, -0.2) is 0 Å². The largest absolute Gasteiger partial charge is 0.491 e. The Bertz CT molecular complexity index is 1110. The van der Waals surface area contributed by atoms with Gasteiger partial charge in [-0.3, -0.25) is 0 Å². The molecular formula is C28H32N2O3S. The number of thiocarbonyl (C=S) groups is 1. The fourth-order valence-electron chi connectivity index (χ4n) is 4.15. The molecule has 0 amide bonds. The third kappa shape index (κ3) is 6.07. The number of ether oxygens (including phenoxy) is 3. The number of hydrogen-bond donors (Lipinski definition) is 0. The molecule has 34 heavy (non-hydrogen) atoms. The van der Waals surface area contributed by atoms with E-state index in [2.05, 4.69) is 36.2 Å². The van der Waals surface area contributed by atoms with Crippen LogP contribution in [-0.2, 0) is 17.6 Å². The van der Waals surface area contributed by atoms with E-state index in [0.29, 0.717) is 11.8 Å². The van der Waals surface area contributed by atoms with Crippen molar-refractivity contribution in [2.45, 2.75) is 25.4 Å². The van der Waals surface area contributed by atoms with Crippen LogP contribution >= 0.6 is 12.2 Å². The average Bonchev–Trinajstić information content (AvgIpc) is 3.34. The lowest BCUT2D eigenvalue weighted by molar-refractivity contribution is 0.0636. The quantitative estimate of drug-likeness (QED) is 0.379. The van der Waals surface area contributed by atoms with Gasteiger partial charge in [-0.2, -0.15) is 0 Å². The van der Waals surface area contributed by atoms with Crippen molar-refractivity contribution in [1.29, 1.82) is 0 Å². The predicted octanol–water partition coefficient (Wildman–Crippen LogP) is 5.51. The normalized spacial score (nSPS) is 13.1. The van der Waals surface area contributed by atoms with Crippen molar-refractivity contribution < 1.29 is 14.2 Å². The van der Waals surface area contributed by atoms with Crippen LogP contribution in [0.1, 0.15) is 17.5 Å². The van der Waals surface area contributed by atoms with E-state index in [1.54, 1.807) is 7.11 Å². The van der Waals surface area contributed by atoms with Crippen LogP contribution < -0.4 is 19.3 Å². The molecule has 0 fully saturated rings. The maximum absolute atomic E-state index is 6.07. The molecule has 1 atom stereocenters. The summed E-state index contributed by atoms with van der Waals surface area (Å²) in [5.41, 5.74) is 4.83. The van der Waals surface area contributed by atoms with E-state index < -0.39 is 0 Å². The fraction of sp³-hybridized carbons (Fsp3) is 0.321. The van der Waals surface area contributed by atoms with Crippen molar-refractivity contribution in [3.05, 3.63) is 83.9 Å². The van der Waals surface area contributed by atoms with E-state index >= 15 is 0 Å². The summed E-state index contributed by atoms with van der Waals surface area (Å²) in [7, 11) is 5.67. The second-order valence-electron chi connectivity index (χ2n) is 8.59. The zero-order chi connectivity index (χ0) is 23.9. The smallest absolute Gasteiger partial charge is 0.269 e. The summed E-state index contributed by atoms with van der Waals surface area (Å²) < 4.78 is 17.7. The molecule has 3 aromatic carbocycles. The number of likely N-dealkylation sites (N-methyl/N-ethyl adjacent to an activating group) is 1. The number of anilines is 2. The maximum Gasteiger partial charge on any atom is 0.269 e. The summed E-state index contributed by atoms with van der Waals surface area (Å²) in [6, 6.07) is 24.4. The zero-order valence-corrected chi connectivity index (χ0v) is 20.9. The minimum Gasteiger partial charge on any atom is -0.491 e. The van der Waals surface area contributed by atoms with E-state index in [1.807, 2.05) is 60.5 Å². The Morgan fingerprint density at radius 1 is 0.882 bits per heavy atom. The third-order valence-electron chi connectivity index (χ3n) is 6.20. The van der Waals surface area contributed by atoms with Gasteiger partial charge in [0.05, 0.1) is 0 Å². The lowest BCUT2D eigenvalue weighted by Gasteiger charge is -2.25. The highest BCUT2D eigenvalue weighted by Gasteiger charge is 2.16. The Morgan fingerprint density at radius 2 is 1.65 bits per heavy atom. The minimum absolute atomic E-state index is 0.0733. The summed E-state index contributed by atoms with van der Waals surface area (Å²) in [4.78, 5) is 4.02. The molecule has 0 bridgehead atoms. The van der Waals surface area contributed by atoms with Gasteiger partial charge in [0, 0.05) is 45.2 Å². The van der Waals surface area contributed by atoms with Gasteiger partial charge in [0.15, 0.2) is 0 Å². The molecule has 0 aliphatic heterocycles. The van der Waals surface area contributed by atoms with Crippen LogP contribution in [0.2, 0.25) is 0 Å². The molecule has 3 aromatic rings. The number of aryl methyl sites for hydroxylation is 2. The summed E-state index contributed by atoms with van der Waals surface area (Å²) in [6.07, 6.45) is 3.40. The van der Waals surface area contributed by atoms with Crippen molar-refractivity contribution in [2.75, 3.05) is 44.2 Å². The highest BCUT2D eigenvalue weighted by atomic mass is 32.1. The number of nitrogens with zero attached hydrogens (tertiary/aromatic N) is 2. The maximum atomic E-state index is 6.07. The van der Waals surface area contributed by atoms with Crippen LogP contribution in [0.15, 0.2) is 72.8 Å². The van der Waals surface area contributed by atoms with Gasteiger partial charge in [0.2, 0.25) is 0 Å².